The van der Waals surface area contributed by atoms with E-state index >= 15 is 0 Å². The highest BCUT2D eigenvalue weighted by Gasteiger charge is 2.29. The largest absolute Gasteiger partial charge is 0.445 e. The van der Waals surface area contributed by atoms with Gasteiger partial charge in [0.2, 0.25) is 11.8 Å². The van der Waals surface area contributed by atoms with Crippen molar-refractivity contribution in [3.05, 3.63) is 77.9 Å². The van der Waals surface area contributed by atoms with E-state index in [1.807, 2.05) is 66.7 Å². The highest BCUT2D eigenvalue weighted by Crippen LogP contribution is 2.30. The van der Waals surface area contributed by atoms with Gasteiger partial charge in [-0.1, -0.05) is 60.7 Å². The van der Waals surface area contributed by atoms with Gasteiger partial charge >= 0.3 is 6.09 Å². The fraction of sp³-hybridized carbons (Fsp3) is 0.296. The Morgan fingerprint density at radius 2 is 1.76 bits per heavy atom. The van der Waals surface area contributed by atoms with Crippen LogP contribution in [0.1, 0.15) is 37.8 Å². The van der Waals surface area contributed by atoms with Crippen LogP contribution in [0.4, 0.5) is 10.5 Å². The summed E-state index contributed by atoms with van der Waals surface area (Å²) in [6, 6.07) is 20.7. The van der Waals surface area contributed by atoms with E-state index in [4.69, 9.17) is 4.74 Å². The number of carbonyl (C=O) groups is 3. The fourth-order valence-electron chi connectivity index (χ4n) is 4.23. The van der Waals surface area contributed by atoms with Crippen LogP contribution >= 0.6 is 0 Å². The number of aryl methyl sites for hydroxylation is 1. The van der Waals surface area contributed by atoms with Gasteiger partial charge in [0.1, 0.15) is 12.6 Å². The Hall–Kier alpha value is -3.87. The Morgan fingerprint density at radius 1 is 1.03 bits per heavy atom. The molecule has 0 saturated heterocycles. The molecule has 176 valence electrons. The lowest BCUT2D eigenvalue weighted by Gasteiger charge is -2.26. The van der Waals surface area contributed by atoms with Crippen molar-refractivity contribution in [1.29, 1.82) is 0 Å². The maximum atomic E-state index is 12.8. The van der Waals surface area contributed by atoms with Gasteiger partial charge in [-0.05, 0) is 54.7 Å². The van der Waals surface area contributed by atoms with Crippen LogP contribution in [-0.4, -0.2) is 29.5 Å². The molecule has 3 aromatic rings. The molecule has 7 heteroatoms. The summed E-state index contributed by atoms with van der Waals surface area (Å²) in [4.78, 5) is 37.7. The van der Waals surface area contributed by atoms with E-state index in [9.17, 15) is 14.4 Å². The first-order valence-corrected chi connectivity index (χ1v) is 11.4. The first kappa shape index (κ1) is 23.3. The van der Waals surface area contributed by atoms with E-state index in [1.165, 1.54) is 0 Å². The SMILES string of the molecule is CC(C)(CC(=O)N[C@@H]1CCc2c(ccc3ccccc23)NC1=O)NC(=O)OCc1ccccc1. The average Bonchev–Trinajstić information content (AvgIpc) is 2.96. The number of amides is 3. The summed E-state index contributed by atoms with van der Waals surface area (Å²) >= 11 is 0. The zero-order valence-electron chi connectivity index (χ0n) is 19.4. The number of benzene rings is 3. The smallest absolute Gasteiger partial charge is 0.407 e. The Kier molecular flexibility index (Phi) is 6.82. The van der Waals surface area contributed by atoms with Crippen LogP contribution in [0.2, 0.25) is 0 Å². The lowest BCUT2D eigenvalue weighted by Crippen LogP contribution is -2.50. The van der Waals surface area contributed by atoms with Crippen molar-refractivity contribution in [3.63, 3.8) is 0 Å². The number of anilines is 1. The van der Waals surface area contributed by atoms with Gasteiger partial charge in [-0.25, -0.2) is 4.79 Å². The van der Waals surface area contributed by atoms with Gasteiger partial charge in [-0.2, -0.15) is 0 Å². The number of alkyl carbamates (subject to hydrolysis) is 1. The number of carbonyl (C=O) groups excluding carboxylic acids is 3. The lowest BCUT2D eigenvalue weighted by molar-refractivity contribution is -0.127. The Balaban J connectivity index is 1.32. The summed E-state index contributed by atoms with van der Waals surface area (Å²) in [5.74, 6) is -0.556. The van der Waals surface area contributed by atoms with Crippen LogP contribution < -0.4 is 16.0 Å². The third-order valence-electron chi connectivity index (χ3n) is 5.89. The molecule has 34 heavy (non-hydrogen) atoms. The highest BCUT2D eigenvalue weighted by atomic mass is 16.5. The monoisotopic (exact) mass is 459 g/mol. The maximum Gasteiger partial charge on any atom is 0.407 e. The van der Waals surface area contributed by atoms with Gasteiger partial charge in [0, 0.05) is 17.6 Å². The third kappa shape index (κ3) is 5.73. The molecule has 3 aromatic carbocycles. The molecule has 0 aromatic heterocycles. The Morgan fingerprint density at radius 3 is 2.56 bits per heavy atom. The minimum atomic E-state index is -0.849. The number of nitrogens with one attached hydrogen (secondary N) is 3. The first-order valence-electron chi connectivity index (χ1n) is 11.4. The van der Waals surface area contributed by atoms with Gasteiger partial charge in [0.05, 0.1) is 0 Å². The van der Waals surface area contributed by atoms with E-state index in [-0.39, 0.29) is 24.8 Å². The predicted molar refractivity (Wildman–Crippen MR) is 131 cm³/mol. The molecule has 1 aliphatic rings. The van der Waals surface area contributed by atoms with E-state index in [1.54, 1.807) is 13.8 Å². The fourth-order valence-corrected chi connectivity index (χ4v) is 4.23. The van der Waals surface area contributed by atoms with Gasteiger partial charge in [-0.3, -0.25) is 9.59 Å². The van der Waals surface area contributed by atoms with Crippen LogP contribution in [0.3, 0.4) is 0 Å². The van der Waals surface area contributed by atoms with E-state index in [0.717, 1.165) is 27.6 Å². The molecule has 3 N–H and O–H groups in total. The van der Waals surface area contributed by atoms with Crippen molar-refractivity contribution < 1.29 is 19.1 Å². The van der Waals surface area contributed by atoms with Crippen LogP contribution in [0.5, 0.6) is 0 Å². The molecule has 1 atom stereocenters. The number of ether oxygens (including phenoxy) is 1. The summed E-state index contributed by atoms with van der Waals surface area (Å²) in [5, 5.41) is 10.7. The summed E-state index contributed by atoms with van der Waals surface area (Å²) in [7, 11) is 0. The molecule has 0 unspecified atom stereocenters. The minimum Gasteiger partial charge on any atom is -0.445 e. The Labute approximate surface area is 198 Å². The summed E-state index contributed by atoms with van der Waals surface area (Å²) in [6.45, 7) is 3.63. The van der Waals surface area contributed by atoms with Crippen LogP contribution in [0, 0.1) is 0 Å². The zero-order valence-corrected chi connectivity index (χ0v) is 19.4. The first-order chi connectivity index (χ1) is 16.3. The van der Waals surface area contributed by atoms with E-state index in [2.05, 4.69) is 16.0 Å². The van der Waals surface area contributed by atoms with Crippen molar-refractivity contribution in [1.82, 2.24) is 10.6 Å². The van der Waals surface area contributed by atoms with Gasteiger partial charge < -0.3 is 20.7 Å². The topological polar surface area (TPSA) is 96.5 Å². The second kappa shape index (κ2) is 9.95. The lowest BCUT2D eigenvalue weighted by atomic mass is 9.98. The number of hydrogen-bond acceptors (Lipinski definition) is 4. The molecule has 1 aliphatic heterocycles. The molecule has 0 aliphatic carbocycles. The van der Waals surface area contributed by atoms with Crippen LogP contribution in [0.25, 0.3) is 10.8 Å². The minimum absolute atomic E-state index is 0.00704. The molecule has 3 amide bonds. The van der Waals surface area contributed by atoms with E-state index in [0.29, 0.717) is 12.8 Å². The van der Waals surface area contributed by atoms with Gasteiger partial charge in [0.25, 0.3) is 0 Å². The highest BCUT2D eigenvalue weighted by molar-refractivity contribution is 6.01. The maximum absolute atomic E-state index is 12.8. The Bertz CT molecular complexity index is 1210. The second-order valence-corrected chi connectivity index (χ2v) is 9.21. The molecule has 0 bridgehead atoms. The molecular weight excluding hydrogens is 430 g/mol. The van der Waals surface area contributed by atoms with Crippen LogP contribution in [0.15, 0.2) is 66.7 Å². The quantitative estimate of drug-likeness (QED) is 0.512. The predicted octanol–water partition coefficient (Wildman–Crippen LogP) is 4.30. The van der Waals surface area contributed by atoms with Crippen molar-refractivity contribution in [3.8, 4) is 0 Å². The van der Waals surface area contributed by atoms with Crippen molar-refractivity contribution in [2.45, 2.75) is 51.3 Å². The average molecular weight is 460 g/mol. The summed E-state index contributed by atoms with van der Waals surface area (Å²) < 4.78 is 5.25. The molecule has 0 spiro atoms. The van der Waals surface area contributed by atoms with Crippen molar-refractivity contribution in [2.24, 2.45) is 0 Å². The standard InChI is InChI=1S/C27H29N3O4/c1-27(2,30-26(33)34-17-18-8-4-3-5-9-18)16-24(31)28-23-15-13-21-20-11-7-6-10-19(20)12-14-22(21)29-25(23)32/h3-12,14,23H,13,15-17H2,1-2H3,(H,28,31)(H,29,32)(H,30,33)/t23-/m1/s1. The summed E-state index contributed by atoms with van der Waals surface area (Å²) in [6.07, 6.45) is 0.558. The van der Waals surface area contributed by atoms with Crippen LogP contribution in [-0.2, 0) is 27.4 Å². The van der Waals surface area contributed by atoms with E-state index < -0.39 is 17.7 Å². The molecule has 1 heterocycles. The van der Waals surface area contributed by atoms with Gasteiger partial charge in [0.15, 0.2) is 0 Å². The number of rotatable bonds is 6. The number of hydrogen-bond donors (Lipinski definition) is 3. The van der Waals surface area contributed by atoms with Crippen molar-refractivity contribution in [2.75, 3.05) is 5.32 Å². The van der Waals surface area contributed by atoms with Crippen molar-refractivity contribution >= 4 is 34.4 Å². The second-order valence-electron chi connectivity index (χ2n) is 9.21. The molecular formula is C27H29N3O4. The molecule has 0 saturated carbocycles. The molecule has 0 fully saturated rings. The number of fused-ring (bicyclic) bond motifs is 3. The normalized spacial score (nSPS) is 15.6. The molecule has 4 rings (SSSR count). The zero-order chi connectivity index (χ0) is 24.1. The molecule has 7 nitrogen and oxygen atoms in total. The molecule has 0 radical (unpaired) electrons. The summed E-state index contributed by atoms with van der Waals surface area (Å²) in [5.41, 5.74) is 1.88. The van der Waals surface area contributed by atoms with Gasteiger partial charge in [-0.15, -0.1) is 0 Å². The third-order valence-corrected chi connectivity index (χ3v) is 5.89.